The van der Waals surface area contributed by atoms with E-state index < -0.39 is 0 Å². The van der Waals surface area contributed by atoms with E-state index in [0.29, 0.717) is 16.0 Å². The fourth-order valence-corrected chi connectivity index (χ4v) is 3.14. The van der Waals surface area contributed by atoms with Crippen LogP contribution in [0.2, 0.25) is 10.0 Å². The van der Waals surface area contributed by atoms with Gasteiger partial charge in [-0.15, -0.1) is 0 Å². The van der Waals surface area contributed by atoms with E-state index in [2.05, 4.69) is 12.2 Å². The predicted octanol–water partition coefficient (Wildman–Crippen LogP) is 4.07. The molecule has 1 N–H and O–H groups in total. The third-order valence-corrected chi connectivity index (χ3v) is 3.99. The lowest BCUT2D eigenvalue weighted by molar-refractivity contribution is 0.138. The van der Waals surface area contributed by atoms with Crippen LogP contribution in [-0.2, 0) is 0 Å². The van der Waals surface area contributed by atoms with E-state index in [1.54, 1.807) is 6.07 Å². The number of benzene rings is 1. The maximum absolute atomic E-state index is 6.22. The molecule has 0 aliphatic carbocycles. The van der Waals surface area contributed by atoms with Crippen molar-refractivity contribution in [2.75, 3.05) is 13.1 Å². The Morgan fingerprint density at radius 3 is 2.78 bits per heavy atom. The van der Waals surface area contributed by atoms with Crippen molar-refractivity contribution in [3.8, 4) is 5.75 Å². The minimum absolute atomic E-state index is 0.220. The fourth-order valence-electron chi connectivity index (χ4n) is 2.50. The van der Waals surface area contributed by atoms with E-state index >= 15 is 0 Å². The van der Waals surface area contributed by atoms with E-state index in [9.17, 15) is 0 Å². The summed E-state index contributed by atoms with van der Waals surface area (Å²) in [4.78, 5) is 0. The lowest BCUT2D eigenvalue weighted by atomic mass is 9.99. The zero-order chi connectivity index (χ0) is 13.1. The Kier molecular flexibility index (Phi) is 4.77. The molecule has 0 unspecified atom stereocenters. The van der Waals surface area contributed by atoms with Gasteiger partial charge < -0.3 is 10.1 Å². The van der Waals surface area contributed by atoms with Gasteiger partial charge in [-0.25, -0.2) is 0 Å². The van der Waals surface area contributed by atoms with Gasteiger partial charge in [-0.2, -0.15) is 0 Å². The van der Waals surface area contributed by atoms with Gasteiger partial charge in [0.25, 0.3) is 0 Å². The summed E-state index contributed by atoms with van der Waals surface area (Å²) >= 11 is 12.2. The molecule has 2 atom stereocenters. The molecule has 1 fully saturated rings. The highest BCUT2D eigenvalue weighted by atomic mass is 35.5. The van der Waals surface area contributed by atoms with Crippen LogP contribution >= 0.6 is 23.2 Å². The van der Waals surface area contributed by atoms with Crippen LogP contribution in [0.4, 0.5) is 0 Å². The van der Waals surface area contributed by atoms with E-state index in [-0.39, 0.29) is 6.10 Å². The van der Waals surface area contributed by atoms with Crippen LogP contribution in [0, 0.1) is 12.8 Å². The molecule has 1 aromatic carbocycles. The number of halogens is 2. The van der Waals surface area contributed by atoms with Gasteiger partial charge in [-0.05, 0) is 44.0 Å². The number of hydrogen-bond donors (Lipinski definition) is 1. The molecule has 1 heterocycles. The molecule has 0 bridgehead atoms. The van der Waals surface area contributed by atoms with Crippen LogP contribution < -0.4 is 10.1 Å². The van der Waals surface area contributed by atoms with Gasteiger partial charge in [0.1, 0.15) is 11.9 Å². The molecule has 0 radical (unpaired) electrons. The highest BCUT2D eigenvalue weighted by molar-refractivity contribution is 6.35. The zero-order valence-corrected chi connectivity index (χ0v) is 12.3. The topological polar surface area (TPSA) is 21.3 Å². The number of hydrogen-bond acceptors (Lipinski definition) is 2. The SMILES string of the molecule is CC[C@H](Oc1c(C)cc(Cl)cc1Cl)[C@H]1CCNC1. The lowest BCUT2D eigenvalue weighted by Crippen LogP contribution is -2.28. The van der Waals surface area contributed by atoms with Crippen molar-refractivity contribution >= 4 is 23.2 Å². The van der Waals surface area contributed by atoms with Gasteiger partial charge in [-0.3, -0.25) is 0 Å². The van der Waals surface area contributed by atoms with Crippen molar-refractivity contribution in [3.63, 3.8) is 0 Å². The number of nitrogens with one attached hydrogen (secondary N) is 1. The third-order valence-electron chi connectivity index (χ3n) is 3.49. The summed E-state index contributed by atoms with van der Waals surface area (Å²) in [7, 11) is 0. The van der Waals surface area contributed by atoms with Gasteiger partial charge >= 0.3 is 0 Å². The van der Waals surface area contributed by atoms with Gasteiger partial charge in [0.15, 0.2) is 0 Å². The van der Waals surface area contributed by atoms with Crippen molar-refractivity contribution < 1.29 is 4.74 Å². The summed E-state index contributed by atoms with van der Waals surface area (Å²) in [5, 5.41) is 4.63. The van der Waals surface area contributed by atoms with E-state index in [1.165, 1.54) is 6.42 Å². The summed E-state index contributed by atoms with van der Waals surface area (Å²) in [5.74, 6) is 1.35. The average molecular weight is 288 g/mol. The average Bonchev–Trinajstić information content (AvgIpc) is 2.81. The molecule has 18 heavy (non-hydrogen) atoms. The second-order valence-corrected chi connectivity index (χ2v) is 5.69. The smallest absolute Gasteiger partial charge is 0.141 e. The molecule has 1 aliphatic heterocycles. The monoisotopic (exact) mass is 287 g/mol. The van der Waals surface area contributed by atoms with Crippen molar-refractivity contribution in [1.29, 1.82) is 0 Å². The van der Waals surface area contributed by atoms with Crippen LogP contribution in [0.3, 0.4) is 0 Å². The highest BCUT2D eigenvalue weighted by Gasteiger charge is 2.26. The molecule has 0 saturated carbocycles. The van der Waals surface area contributed by atoms with Crippen molar-refractivity contribution in [1.82, 2.24) is 5.32 Å². The van der Waals surface area contributed by atoms with Crippen molar-refractivity contribution in [2.24, 2.45) is 5.92 Å². The van der Waals surface area contributed by atoms with E-state index in [4.69, 9.17) is 27.9 Å². The molecule has 0 amide bonds. The van der Waals surface area contributed by atoms with Gasteiger partial charge in [0, 0.05) is 17.5 Å². The summed E-state index contributed by atoms with van der Waals surface area (Å²) in [6.45, 7) is 6.25. The first-order chi connectivity index (χ1) is 8.61. The third kappa shape index (κ3) is 3.11. The zero-order valence-electron chi connectivity index (χ0n) is 10.8. The maximum atomic E-state index is 6.22. The molecule has 2 rings (SSSR count). The van der Waals surface area contributed by atoms with Crippen LogP contribution in [-0.4, -0.2) is 19.2 Å². The van der Waals surface area contributed by atoms with Crippen LogP contribution in [0.25, 0.3) is 0 Å². The van der Waals surface area contributed by atoms with Crippen molar-refractivity contribution in [2.45, 2.75) is 32.8 Å². The molecule has 0 aromatic heterocycles. The largest absolute Gasteiger partial charge is 0.488 e. The summed E-state index contributed by atoms with van der Waals surface area (Å²) < 4.78 is 6.13. The molecule has 2 nitrogen and oxygen atoms in total. The van der Waals surface area contributed by atoms with Crippen LogP contribution in [0.5, 0.6) is 5.75 Å². The second kappa shape index (κ2) is 6.14. The van der Waals surface area contributed by atoms with Crippen LogP contribution in [0.1, 0.15) is 25.3 Å². The van der Waals surface area contributed by atoms with Gasteiger partial charge in [0.2, 0.25) is 0 Å². The number of ether oxygens (including phenoxy) is 1. The number of aryl methyl sites for hydroxylation is 1. The standard InChI is InChI=1S/C14H19Cl2NO/c1-3-13(10-4-5-17-8-10)18-14-9(2)6-11(15)7-12(14)16/h6-7,10,13,17H,3-5,8H2,1-2H3/t10-,13-/m0/s1. The Morgan fingerprint density at radius 1 is 1.44 bits per heavy atom. The molecule has 1 saturated heterocycles. The number of rotatable bonds is 4. The first-order valence-electron chi connectivity index (χ1n) is 6.44. The lowest BCUT2D eigenvalue weighted by Gasteiger charge is -2.24. The quantitative estimate of drug-likeness (QED) is 0.901. The highest BCUT2D eigenvalue weighted by Crippen LogP contribution is 2.34. The Hall–Kier alpha value is -0.440. The van der Waals surface area contributed by atoms with Gasteiger partial charge in [0.05, 0.1) is 5.02 Å². The fraction of sp³-hybridized carbons (Fsp3) is 0.571. The molecular weight excluding hydrogens is 269 g/mol. The van der Waals surface area contributed by atoms with E-state index in [0.717, 1.165) is 30.8 Å². The minimum Gasteiger partial charge on any atom is -0.488 e. The first-order valence-corrected chi connectivity index (χ1v) is 7.20. The van der Waals surface area contributed by atoms with Crippen LogP contribution in [0.15, 0.2) is 12.1 Å². The molecule has 1 aliphatic rings. The molecule has 0 spiro atoms. The Morgan fingerprint density at radius 2 is 2.22 bits per heavy atom. The van der Waals surface area contributed by atoms with Gasteiger partial charge in [-0.1, -0.05) is 30.1 Å². The molecule has 100 valence electrons. The second-order valence-electron chi connectivity index (χ2n) is 4.85. The normalized spacial score (nSPS) is 21.0. The van der Waals surface area contributed by atoms with E-state index in [1.807, 2.05) is 13.0 Å². The van der Waals surface area contributed by atoms with Crippen molar-refractivity contribution in [3.05, 3.63) is 27.7 Å². The Balaban J connectivity index is 2.16. The summed E-state index contributed by atoms with van der Waals surface area (Å²) in [5.41, 5.74) is 0.997. The molecule has 1 aromatic rings. The summed E-state index contributed by atoms with van der Waals surface area (Å²) in [6, 6.07) is 3.63. The minimum atomic E-state index is 0.220. The summed E-state index contributed by atoms with van der Waals surface area (Å²) in [6.07, 6.45) is 2.38. The molecule has 4 heteroatoms. The Labute approximate surface area is 119 Å². The molecular formula is C14H19Cl2NO. The first kappa shape index (κ1) is 14.0. The Bertz CT molecular complexity index is 393. The predicted molar refractivity (Wildman–Crippen MR) is 76.9 cm³/mol. The maximum Gasteiger partial charge on any atom is 0.141 e.